The summed E-state index contributed by atoms with van der Waals surface area (Å²) in [6, 6.07) is 5.28. The van der Waals surface area contributed by atoms with Crippen LogP contribution in [-0.4, -0.2) is 32.8 Å². The molecule has 7 heteroatoms. The Kier molecular flexibility index (Phi) is 7.88. The van der Waals surface area contributed by atoms with E-state index in [1.54, 1.807) is 59.7 Å². The number of ether oxygens (including phenoxy) is 5. The predicted molar refractivity (Wildman–Crippen MR) is 128 cm³/mol. The smallest absolute Gasteiger partial charge is 0.316 e. The number of benzene rings is 2. The second-order valence-corrected chi connectivity index (χ2v) is 10.4. The Morgan fingerprint density at radius 1 is 0.758 bits per heavy atom. The van der Waals surface area contributed by atoms with Gasteiger partial charge in [0.2, 0.25) is 11.5 Å². The van der Waals surface area contributed by atoms with Gasteiger partial charge >= 0.3 is 11.9 Å². The maximum absolute atomic E-state index is 12.8. The number of carbonyl (C=O) groups excluding carboxylic acids is 2. The monoisotopic (exact) mass is 460 g/mol. The molecule has 0 unspecified atom stereocenters. The molecule has 0 radical (unpaired) electrons. The van der Waals surface area contributed by atoms with E-state index in [0.29, 0.717) is 29.0 Å². The van der Waals surface area contributed by atoms with Gasteiger partial charge in [-0.25, -0.2) is 0 Å². The molecule has 2 aromatic rings. The van der Waals surface area contributed by atoms with Crippen molar-refractivity contribution >= 4 is 22.7 Å². The molecule has 0 aliphatic carbocycles. The maximum atomic E-state index is 12.8. The van der Waals surface area contributed by atoms with E-state index in [9.17, 15) is 9.59 Å². The first-order valence-corrected chi connectivity index (χ1v) is 11.0. The second-order valence-electron chi connectivity index (χ2n) is 10.4. The van der Waals surface area contributed by atoms with Crippen LogP contribution >= 0.6 is 0 Å². The summed E-state index contributed by atoms with van der Waals surface area (Å²) in [5, 5.41) is 1.03. The molecule has 2 aromatic carbocycles. The average Bonchev–Trinajstić information content (AvgIpc) is 2.71. The normalized spacial score (nSPS) is 12.0. The largest absolute Gasteiger partial charge is 0.493 e. The number of hydrogen-bond donors (Lipinski definition) is 0. The van der Waals surface area contributed by atoms with E-state index >= 15 is 0 Å². The number of esters is 2. The molecule has 182 valence electrons. The number of hydrogen-bond acceptors (Lipinski definition) is 7. The predicted octanol–water partition coefficient (Wildman–Crippen LogP) is 5.79. The first-order chi connectivity index (χ1) is 15.2. The van der Waals surface area contributed by atoms with Gasteiger partial charge in [0.15, 0.2) is 11.5 Å². The molecule has 0 spiro atoms. The zero-order valence-corrected chi connectivity index (χ0v) is 21.4. The van der Waals surface area contributed by atoms with Gasteiger partial charge in [0.05, 0.1) is 31.7 Å². The van der Waals surface area contributed by atoms with Crippen LogP contribution in [0.1, 0.15) is 55.4 Å². The van der Waals surface area contributed by atoms with E-state index in [2.05, 4.69) is 13.8 Å². The third-order valence-electron chi connectivity index (χ3n) is 4.70. The van der Waals surface area contributed by atoms with E-state index < -0.39 is 22.8 Å². The van der Waals surface area contributed by atoms with Crippen molar-refractivity contribution in [2.24, 2.45) is 16.7 Å². The molecule has 0 aromatic heterocycles. The van der Waals surface area contributed by atoms with Crippen molar-refractivity contribution in [3.8, 4) is 28.7 Å². The summed E-state index contributed by atoms with van der Waals surface area (Å²) < 4.78 is 28.7. The molecular formula is C26H36O7. The fourth-order valence-corrected chi connectivity index (χ4v) is 2.78. The fraction of sp³-hybridized carbons (Fsp3) is 0.538. The molecule has 2 rings (SSSR count). The number of methoxy groups -OCH3 is 2. The highest BCUT2D eigenvalue weighted by atomic mass is 16.6. The summed E-state index contributed by atoms with van der Waals surface area (Å²) in [4.78, 5) is 25.6. The SMILES string of the molecule is COc1c(OC)c(OC(=O)C(C)(C)C)c2cc(OCC(C)C)ccc2c1OC(=O)C(C)(C)C. The lowest BCUT2D eigenvalue weighted by Gasteiger charge is -2.24. The average molecular weight is 461 g/mol. The first-order valence-electron chi connectivity index (χ1n) is 11.0. The van der Waals surface area contributed by atoms with Gasteiger partial charge in [-0.15, -0.1) is 0 Å². The molecular weight excluding hydrogens is 424 g/mol. The van der Waals surface area contributed by atoms with Gasteiger partial charge in [-0.1, -0.05) is 13.8 Å². The number of fused-ring (bicyclic) bond motifs is 1. The minimum Gasteiger partial charge on any atom is -0.493 e. The van der Waals surface area contributed by atoms with Crippen LogP contribution in [0.4, 0.5) is 0 Å². The molecule has 0 heterocycles. The van der Waals surface area contributed by atoms with Gasteiger partial charge in [-0.3, -0.25) is 9.59 Å². The van der Waals surface area contributed by atoms with Crippen LogP contribution in [0.5, 0.6) is 28.7 Å². The molecule has 0 aliphatic rings. The maximum Gasteiger partial charge on any atom is 0.316 e. The number of rotatable bonds is 7. The van der Waals surface area contributed by atoms with Crippen LogP contribution in [0.25, 0.3) is 10.8 Å². The van der Waals surface area contributed by atoms with Gasteiger partial charge in [-0.05, 0) is 65.7 Å². The zero-order valence-electron chi connectivity index (χ0n) is 21.4. The Morgan fingerprint density at radius 2 is 1.21 bits per heavy atom. The van der Waals surface area contributed by atoms with E-state index in [0.717, 1.165) is 0 Å². The third kappa shape index (κ3) is 6.09. The standard InChI is InChI=1S/C26H36O7/c1-15(2)14-31-16-11-12-17-18(13-16)20(33-24(28)26(6,7)8)22(30-10)21(29-9)19(17)32-23(27)25(3,4)5/h11-13,15H,14H2,1-10H3. The van der Waals surface area contributed by atoms with Crippen molar-refractivity contribution in [3.63, 3.8) is 0 Å². The van der Waals surface area contributed by atoms with Crippen molar-refractivity contribution in [1.82, 2.24) is 0 Å². The highest BCUT2D eigenvalue weighted by Gasteiger charge is 2.32. The van der Waals surface area contributed by atoms with Crippen LogP contribution in [0, 0.1) is 16.7 Å². The molecule has 33 heavy (non-hydrogen) atoms. The summed E-state index contributed by atoms with van der Waals surface area (Å²) >= 11 is 0. The summed E-state index contributed by atoms with van der Waals surface area (Å²) in [5.74, 6) is 0.707. The Balaban J connectivity index is 2.84. The van der Waals surface area contributed by atoms with Gasteiger partial charge in [0.1, 0.15) is 5.75 Å². The lowest BCUT2D eigenvalue weighted by atomic mass is 9.97. The highest BCUT2D eigenvalue weighted by Crippen LogP contribution is 2.52. The van der Waals surface area contributed by atoms with Gasteiger partial charge < -0.3 is 23.7 Å². The summed E-state index contributed by atoms with van der Waals surface area (Å²) in [6.45, 7) is 15.2. The van der Waals surface area contributed by atoms with Crippen molar-refractivity contribution in [2.45, 2.75) is 55.4 Å². The molecule has 0 saturated heterocycles. The number of carbonyl (C=O) groups is 2. The minimum atomic E-state index is -0.756. The Morgan fingerprint density at radius 3 is 1.61 bits per heavy atom. The lowest BCUT2D eigenvalue weighted by Crippen LogP contribution is -2.27. The van der Waals surface area contributed by atoms with E-state index in [1.165, 1.54) is 14.2 Å². The van der Waals surface area contributed by atoms with Crippen LogP contribution in [0.15, 0.2) is 18.2 Å². The Labute approximate surface area is 196 Å². The second kappa shape index (κ2) is 9.89. The van der Waals surface area contributed by atoms with Crippen LogP contribution in [-0.2, 0) is 9.59 Å². The molecule has 0 saturated carbocycles. The van der Waals surface area contributed by atoms with Crippen LogP contribution < -0.4 is 23.7 Å². The fourth-order valence-electron chi connectivity index (χ4n) is 2.78. The highest BCUT2D eigenvalue weighted by molar-refractivity contribution is 6.02. The van der Waals surface area contributed by atoms with E-state index in [-0.39, 0.29) is 23.0 Å². The van der Waals surface area contributed by atoms with Crippen molar-refractivity contribution in [1.29, 1.82) is 0 Å². The third-order valence-corrected chi connectivity index (χ3v) is 4.70. The summed E-state index contributed by atoms with van der Waals surface area (Å²) in [7, 11) is 2.88. The minimum absolute atomic E-state index is 0.153. The van der Waals surface area contributed by atoms with Crippen molar-refractivity contribution in [3.05, 3.63) is 18.2 Å². The van der Waals surface area contributed by atoms with Crippen LogP contribution in [0.3, 0.4) is 0 Å². The lowest BCUT2D eigenvalue weighted by molar-refractivity contribution is -0.144. The van der Waals surface area contributed by atoms with Crippen LogP contribution in [0.2, 0.25) is 0 Å². The molecule has 0 amide bonds. The molecule has 0 aliphatic heterocycles. The van der Waals surface area contributed by atoms with E-state index in [4.69, 9.17) is 23.7 Å². The molecule has 0 atom stereocenters. The molecule has 0 bridgehead atoms. The molecule has 7 nitrogen and oxygen atoms in total. The molecule has 0 fully saturated rings. The summed E-state index contributed by atoms with van der Waals surface area (Å²) in [5.41, 5.74) is -1.50. The van der Waals surface area contributed by atoms with Gasteiger partial charge in [0, 0.05) is 10.8 Å². The van der Waals surface area contributed by atoms with E-state index in [1.807, 2.05) is 0 Å². The van der Waals surface area contributed by atoms with Crippen molar-refractivity contribution in [2.75, 3.05) is 20.8 Å². The first kappa shape index (κ1) is 26.3. The quantitative estimate of drug-likeness (QED) is 0.382. The molecule has 0 N–H and O–H groups in total. The van der Waals surface area contributed by atoms with Gasteiger partial charge in [-0.2, -0.15) is 0 Å². The Hall–Kier alpha value is -2.96. The summed E-state index contributed by atoms with van der Waals surface area (Å²) in [6.07, 6.45) is 0. The Bertz CT molecular complexity index is 1020. The van der Waals surface area contributed by atoms with Crippen molar-refractivity contribution < 1.29 is 33.3 Å². The topological polar surface area (TPSA) is 80.3 Å². The zero-order chi connectivity index (χ0) is 25.1. The van der Waals surface area contributed by atoms with Gasteiger partial charge in [0.25, 0.3) is 0 Å².